The second-order valence-corrected chi connectivity index (χ2v) is 7.67. The van der Waals surface area contributed by atoms with E-state index in [0.717, 1.165) is 27.2 Å². The van der Waals surface area contributed by atoms with Gasteiger partial charge in [0.1, 0.15) is 4.83 Å². The van der Waals surface area contributed by atoms with Crippen LogP contribution < -0.4 is 5.32 Å². The van der Waals surface area contributed by atoms with Crippen molar-refractivity contribution in [3.63, 3.8) is 0 Å². The molecule has 0 aliphatic rings. The van der Waals surface area contributed by atoms with Gasteiger partial charge in [-0.1, -0.05) is 29.8 Å². The van der Waals surface area contributed by atoms with E-state index in [0.29, 0.717) is 23.0 Å². The molecule has 0 bridgehead atoms. The van der Waals surface area contributed by atoms with Crippen LogP contribution in [0.2, 0.25) is 5.02 Å². The van der Waals surface area contributed by atoms with Crippen molar-refractivity contribution in [2.24, 2.45) is 0 Å². The standard InChI is InChI=1S/C20H17ClN4OS/c1-13-17-10-18(19(26)23-11-16-4-2-3-9-22-16)27-20(17)25(24-13)12-14-5-7-15(21)8-6-14/h2-10H,11-12H2,1H3,(H,23,26). The molecule has 0 spiro atoms. The summed E-state index contributed by atoms with van der Waals surface area (Å²) in [5.74, 6) is -0.0979. The smallest absolute Gasteiger partial charge is 0.261 e. The van der Waals surface area contributed by atoms with Crippen LogP contribution in [0, 0.1) is 6.92 Å². The van der Waals surface area contributed by atoms with Gasteiger partial charge in [0, 0.05) is 16.6 Å². The minimum Gasteiger partial charge on any atom is -0.346 e. The van der Waals surface area contributed by atoms with E-state index in [-0.39, 0.29) is 5.91 Å². The summed E-state index contributed by atoms with van der Waals surface area (Å²) in [6.45, 7) is 3.00. The molecule has 7 heteroatoms. The number of amides is 1. The molecular weight excluding hydrogens is 380 g/mol. The predicted octanol–water partition coefficient (Wildman–Crippen LogP) is 4.43. The fourth-order valence-electron chi connectivity index (χ4n) is 2.86. The van der Waals surface area contributed by atoms with Crippen molar-refractivity contribution in [2.45, 2.75) is 20.0 Å². The number of hydrogen-bond donors (Lipinski definition) is 1. The van der Waals surface area contributed by atoms with E-state index >= 15 is 0 Å². The highest BCUT2D eigenvalue weighted by Gasteiger charge is 2.16. The Morgan fingerprint density at radius 2 is 2.04 bits per heavy atom. The summed E-state index contributed by atoms with van der Waals surface area (Å²) in [6, 6.07) is 15.3. The van der Waals surface area contributed by atoms with Crippen LogP contribution in [0.3, 0.4) is 0 Å². The Balaban J connectivity index is 1.55. The van der Waals surface area contributed by atoms with Crippen LogP contribution in [0.15, 0.2) is 54.7 Å². The van der Waals surface area contributed by atoms with E-state index in [1.165, 1.54) is 11.3 Å². The van der Waals surface area contributed by atoms with Crippen LogP contribution in [0.5, 0.6) is 0 Å². The van der Waals surface area contributed by atoms with E-state index in [4.69, 9.17) is 11.6 Å². The van der Waals surface area contributed by atoms with E-state index < -0.39 is 0 Å². The number of aromatic nitrogens is 3. The molecule has 0 saturated heterocycles. The third-order valence-electron chi connectivity index (χ3n) is 4.23. The molecule has 3 heterocycles. The summed E-state index contributed by atoms with van der Waals surface area (Å²) in [4.78, 5) is 18.4. The number of fused-ring (bicyclic) bond motifs is 1. The largest absolute Gasteiger partial charge is 0.346 e. The molecule has 0 aliphatic carbocycles. The van der Waals surface area contributed by atoms with Crippen LogP contribution in [-0.4, -0.2) is 20.7 Å². The van der Waals surface area contributed by atoms with Crippen LogP contribution in [0.25, 0.3) is 10.2 Å². The van der Waals surface area contributed by atoms with Gasteiger partial charge in [0.05, 0.1) is 29.4 Å². The predicted molar refractivity (Wildman–Crippen MR) is 108 cm³/mol. The third-order valence-corrected chi connectivity index (χ3v) is 5.63. The van der Waals surface area contributed by atoms with E-state index in [1.54, 1.807) is 6.20 Å². The van der Waals surface area contributed by atoms with Gasteiger partial charge in [-0.2, -0.15) is 5.10 Å². The zero-order valence-corrected chi connectivity index (χ0v) is 16.2. The lowest BCUT2D eigenvalue weighted by Crippen LogP contribution is -2.22. The number of carbonyl (C=O) groups is 1. The van der Waals surface area contributed by atoms with Gasteiger partial charge in [-0.25, -0.2) is 0 Å². The summed E-state index contributed by atoms with van der Waals surface area (Å²) in [5.41, 5.74) is 2.86. The number of aryl methyl sites for hydroxylation is 1. The highest BCUT2D eigenvalue weighted by Crippen LogP contribution is 2.29. The van der Waals surface area contributed by atoms with Gasteiger partial charge in [-0.3, -0.25) is 14.5 Å². The number of rotatable bonds is 5. The molecular formula is C20H17ClN4OS. The number of benzene rings is 1. The maximum Gasteiger partial charge on any atom is 0.261 e. The summed E-state index contributed by atoms with van der Waals surface area (Å²) >= 11 is 7.41. The van der Waals surface area contributed by atoms with Crippen LogP contribution in [0.4, 0.5) is 0 Å². The highest BCUT2D eigenvalue weighted by molar-refractivity contribution is 7.20. The lowest BCUT2D eigenvalue weighted by molar-refractivity contribution is 0.0954. The van der Waals surface area contributed by atoms with Crippen molar-refractivity contribution in [2.75, 3.05) is 0 Å². The number of hydrogen-bond acceptors (Lipinski definition) is 4. The van der Waals surface area contributed by atoms with E-state index in [2.05, 4.69) is 15.4 Å². The number of nitrogens with one attached hydrogen (secondary N) is 1. The normalized spacial score (nSPS) is 11.0. The maximum atomic E-state index is 12.5. The third kappa shape index (κ3) is 3.86. The summed E-state index contributed by atoms with van der Waals surface area (Å²) in [7, 11) is 0. The summed E-state index contributed by atoms with van der Waals surface area (Å²) in [5, 5.41) is 9.26. The fraction of sp³-hybridized carbons (Fsp3) is 0.150. The fourth-order valence-corrected chi connectivity index (χ4v) is 4.06. The number of nitrogens with zero attached hydrogens (tertiary/aromatic N) is 3. The lowest BCUT2D eigenvalue weighted by atomic mass is 10.2. The number of pyridine rings is 1. The van der Waals surface area contributed by atoms with Crippen LogP contribution in [0.1, 0.15) is 26.6 Å². The molecule has 1 aromatic carbocycles. The second kappa shape index (κ2) is 7.50. The van der Waals surface area contributed by atoms with Gasteiger partial charge >= 0.3 is 0 Å². The van der Waals surface area contributed by atoms with Crippen molar-refractivity contribution >= 4 is 39.1 Å². The molecule has 4 rings (SSSR count). The molecule has 5 nitrogen and oxygen atoms in total. The zero-order valence-electron chi connectivity index (χ0n) is 14.6. The highest BCUT2D eigenvalue weighted by atomic mass is 35.5. The quantitative estimate of drug-likeness (QED) is 0.542. The summed E-state index contributed by atoms with van der Waals surface area (Å²) in [6.07, 6.45) is 1.72. The first-order chi connectivity index (χ1) is 13.1. The molecule has 136 valence electrons. The lowest BCUT2D eigenvalue weighted by Gasteiger charge is -2.04. The first-order valence-corrected chi connectivity index (χ1v) is 9.69. The van der Waals surface area contributed by atoms with Crippen LogP contribution in [-0.2, 0) is 13.1 Å². The minimum absolute atomic E-state index is 0.0979. The number of carbonyl (C=O) groups excluding carboxylic acids is 1. The van der Waals surface area contributed by atoms with E-state index in [1.807, 2.05) is 60.1 Å². The van der Waals surface area contributed by atoms with E-state index in [9.17, 15) is 4.79 Å². The Morgan fingerprint density at radius 1 is 1.22 bits per heavy atom. The molecule has 4 aromatic rings. The van der Waals surface area contributed by atoms with Crippen molar-refractivity contribution in [3.8, 4) is 0 Å². The molecule has 0 atom stereocenters. The number of halogens is 1. The Hall–Kier alpha value is -2.70. The molecule has 0 aliphatic heterocycles. The number of thiophene rings is 1. The van der Waals surface area contributed by atoms with Gasteiger partial charge in [-0.15, -0.1) is 11.3 Å². The monoisotopic (exact) mass is 396 g/mol. The first-order valence-electron chi connectivity index (χ1n) is 8.49. The average Bonchev–Trinajstić information content (AvgIpc) is 3.24. The molecule has 1 N–H and O–H groups in total. The van der Waals surface area contributed by atoms with Crippen LogP contribution >= 0.6 is 22.9 Å². The Kier molecular flexibility index (Phi) is 4.92. The molecule has 1 amide bonds. The molecule has 0 fully saturated rings. The maximum absolute atomic E-state index is 12.5. The molecule has 3 aromatic heterocycles. The Labute approximate surface area is 165 Å². The van der Waals surface area contributed by atoms with Gasteiger partial charge in [-0.05, 0) is 42.8 Å². The van der Waals surface area contributed by atoms with Crippen molar-refractivity contribution in [1.82, 2.24) is 20.1 Å². The van der Waals surface area contributed by atoms with Crippen molar-refractivity contribution in [1.29, 1.82) is 0 Å². The van der Waals surface area contributed by atoms with Gasteiger partial charge in [0.2, 0.25) is 0 Å². The molecule has 0 unspecified atom stereocenters. The average molecular weight is 397 g/mol. The molecule has 0 saturated carbocycles. The Morgan fingerprint density at radius 3 is 2.78 bits per heavy atom. The topological polar surface area (TPSA) is 59.8 Å². The first kappa shape index (κ1) is 17.7. The van der Waals surface area contributed by atoms with Crippen molar-refractivity contribution < 1.29 is 4.79 Å². The molecule has 27 heavy (non-hydrogen) atoms. The zero-order chi connectivity index (χ0) is 18.8. The van der Waals surface area contributed by atoms with Gasteiger partial charge < -0.3 is 5.32 Å². The SMILES string of the molecule is Cc1nn(Cc2ccc(Cl)cc2)c2sc(C(=O)NCc3ccccn3)cc12. The van der Waals surface area contributed by atoms with Gasteiger partial charge in [0.15, 0.2) is 0 Å². The second-order valence-electron chi connectivity index (χ2n) is 6.20. The van der Waals surface area contributed by atoms with Crippen molar-refractivity contribution in [3.05, 3.63) is 81.6 Å². The van der Waals surface area contributed by atoms with Gasteiger partial charge in [0.25, 0.3) is 5.91 Å². The molecule has 0 radical (unpaired) electrons. The summed E-state index contributed by atoms with van der Waals surface area (Å²) < 4.78 is 1.94. The Bertz CT molecular complexity index is 1090. The minimum atomic E-state index is -0.0979.